The zero-order valence-electron chi connectivity index (χ0n) is 8.14. The molecule has 0 N–H and O–H groups in total. The first-order valence-corrected chi connectivity index (χ1v) is 5.18. The SMILES string of the molecule is C[C@]12CCC(=O)C[C@H]1CCCC2=O. The molecule has 0 saturated heterocycles. The third-order valence-electron chi connectivity index (χ3n) is 3.89. The summed E-state index contributed by atoms with van der Waals surface area (Å²) in [7, 11) is 0. The van der Waals surface area contributed by atoms with Crippen molar-refractivity contribution in [2.45, 2.75) is 45.4 Å². The lowest BCUT2D eigenvalue weighted by Gasteiger charge is -2.42. The van der Waals surface area contributed by atoms with Crippen LogP contribution in [0.4, 0.5) is 0 Å². The summed E-state index contributed by atoms with van der Waals surface area (Å²) in [6, 6.07) is 0. The number of ketones is 2. The van der Waals surface area contributed by atoms with Gasteiger partial charge >= 0.3 is 0 Å². The molecule has 0 aromatic carbocycles. The molecular formula is C11H16O2. The highest BCUT2D eigenvalue weighted by Gasteiger charge is 2.46. The first-order valence-electron chi connectivity index (χ1n) is 5.18. The molecule has 0 aromatic heterocycles. The first-order chi connectivity index (χ1) is 6.13. The van der Waals surface area contributed by atoms with Crippen molar-refractivity contribution in [1.29, 1.82) is 0 Å². The van der Waals surface area contributed by atoms with Crippen LogP contribution in [-0.4, -0.2) is 11.6 Å². The minimum Gasteiger partial charge on any atom is -0.300 e. The lowest BCUT2D eigenvalue weighted by atomic mass is 9.60. The van der Waals surface area contributed by atoms with Crippen LogP contribution in [0.2, 0.25) is 0 Å². The fraction of sp³-hybridized carbons (Fsp3) is 0.818. The number of fused-ring (bicyclic) bond motifs is 1. The molecule has 0 heterocycles. The van der Waals surface area contributed by atoms with Crippen LogP contribution in [0.3, 0.4) is 0 Å². The van der Waals surface area contributed by atoms with Gasteiger partial charge in [0.15, 0.2) is 0 Å². The predicted octanol–water partition coefficient (Wildman–Crippen LogP) is 2.11. The van der Waals surface area contributed by atoms with E-state index >= 15 is 0 Å². The van der Waals surface area contributed by atoms with Crippen molar-refractivity contribution in [2.24, 2.45) is 11.3 Å². The highest BCUT2D eigenvalue weighted by Crippen LogP contribution is 2.46. The van der Waals surface area contributed by atoms with Gasteiger partial charge in [-0.3, -0.25) is 9.59 Å². The molecule has 2 aliphatic carbocycles. The standard InChI is InChI=1S/C11H16O2/c1-11-6-5-9(12)7-8(11)3-2-4-10(11)13/h8H,2-7H2,1H3/t8-,11+/m1/s1. The van der Waals surface area contributed by atoms with Gasteiger partial charge in [-0.05, 0) is 25.2 Å². The molecule has 2 rings (SSSR count). The Bertz CT molecular complexity index is 257. The molecule has 0 amide bonds. The van der Waals surface area contributed by atoms with Gasteiger partial charge in [0.05, 0.1) is 0 Å². The lowest BCUT2D eigenvalue weighted by Crippen LogP contribution is -2.43. The van der Waals surface area contributed by atoms with Gasteiger partial charge in [-0.1, -0.05) is 6.92 Å². The molecule has 0 aromatic rings. The topological polar surface area (TPSA) is 34.1 Å². The van der Waals surface area contributed by atoms with Crippen molar-refractivity contribution in [2.75, 3.05) is 0 Å². The van der Waals surface area contributed by atoms with Crippen molar-refractivity contribution in [3.8, 4) is 0 Å². The number of hydrogen-bond acceptors (Lipinski definition) is 2. The normalized spacial score (nSPS) is 40.2. The van der Waals surface area contributed by atoms with Gasteiger partial charge in [-0.15, -0.1) is 0 Å². The van der Waals surface area contributed by atoms with Crippen LogP contribution in [0, 0.1) is 11.3 Å². The van der Waals surface area contributed by atoms with E-state index in [0.29, 0.717) is 30.3 Å². The highest BCUT2D eigenvalue weighted by atomic mass is 16.1. The average molecular weight is 180 g/mol. The predicted molar refractivity (Wildman–Crippen MR) is 49.3 cm³/mol. The van der Waals surface area contributed by atoms with Gasteiger partial charge in [-0.2, -0.15) is 0 Å². The Morgan fingerprint density at radius 2 is 2.08 bits per heavy atom. The van der Waals surface area contributed by atoms with Gasteiger partial charge in [-0.25, -0.2) is 0 Å². The minimum atomic E-state index is -0.147. The van der Waals surface area contributed by atoms with E-state index in [-0.39, 0.29) is 5.41 Å². The molecule has 0 radical (unpaired) electrons. The number of hydrogen-bond donors (Lipinski definition) is 0. The molecule has 2 atom stereocenters. The maximum absolute atomic E-state index is 11.7. The van der Waals surface area contributed by atoms with Gasteiger partial charge in [0, 0.05) is 24.7 Å². The zero-order chi connectivity index (χ0) is 9.47. The number of carbonyl (C=O) groups is 2. The Kier molecular flexibility index (Phi) is 2.01. The van der Waals surface area contributed by atoms with Crippen LogP contribution in [0.25, 0.3) is 0 Å². The molecular weight excluding hydrogens is 164 g/mol. The smallest absolute Gasteiger partial charge is 0.139 e. The molecule has 0 unspecified atom stereocenters. The van der Waals surface area contributed by atoms with Crippen LogP contribution in [-0.2, 0) is 9.59 Å². The van der Waals surface area contributed by atoms with Gasteiger partial charge in [0.1, 0.15) is 11.6 Å². The fourth-order valence-corrected chi connectivity index (χ4v) is 2.79. The van der Waals surface area contributed by atoms with E-state index in [0.717, 1.165) is 25.7 Å². The van der Waals surface area contributed by atoms with E-state index in [1.54, 1.807) is 0 Å². The quantitative estimate of drug-likeness (QED) is 0.572. The molecule has 2 aliphatic rings. The second-order valence-corrected chi connectivity index (χ2v) is 4.67. The molecule has 2 nitrogen and oxygen atoms in total. The highest BCUT2D eigenvalue weighted by molar-refractivity contribution is 5.89. The third-order valence-corrected chi connectivity index (χ3v) is 3.89. The molecule has 13 heavy (non-hydrogen) atoms. The van der Waals surface area contributed by atoms with Crippen molar-refractivity contribution in [3.63, 3.8) is 0 Å². The summed E-state index contributed by atoms with van der Waals surface area (Å²) in [4.78, 5) is 23.0. The maximum Gasteiger partial charge on any atom is 0.139 e. The Balaban J connectivity index is 2.22. The molecule has 0 spiro atoms. The van der Waals surface area contributed by atoms with Crippen molar-refractivity contribution in [3.05, 3.63) is 0 Å². The second kappa shape index (κ2) is 2.93. The summed E-state index contributed by atoms with van der Waals surface area (Å²) >= 11 is 0. The summed E-state index contributed by atoms with van der Waals surface area (Å²) in [5, 5.41) is 0. The molecule has 72 valence electrons. The van der Waals surface area contributed by atoms with E-state index in [4.69, 9.17) is 0 Å². The fourth-order valence-electron chi connectivity index (χ4n) is 2.79. The van der Waals surface area contributed by atoms with Crippen LogP contribution < -0.4 is 0 Å². The molecule has 0 bridgehead atoms. The maximum atomic E-state index is 11.7. The van der Waals surface area contributed by atoms with Crippen LogP contribution >= 0.6 is 0 Å². The van der Waals surface area contributed by atoms with Crippen molar-refractivity contribution >= 4 is 11.6 Å². The van der Waals surface area contributed by atoms with Crippen LogP contribution in [0.1, 0.15) is 45.4 Å². The Hall–Kier alpha value is -0.660. The first kappa shape index (κ1) is 8.92. The summed E-state index contributed by atoms with van der Waals surface area (Å²) in [5.74, 6) is 1.11. The molecule has 2 heteroatoms. The molecule has 2 saturated carbocycles. The number of carbonyl (C=O) groups excluding carboxylic acids is 2. The number of Topliss-reactive ketones (excluding diaryl/α,β-unsaturated/α-hetero) is 2. The summed E-state index contributed by atoms with van der Waals surface area (Å²) in [6.45, 7) is 2.06. The average Bonchev–Trinajstić information content (AvgIpc) is 2.09. The van der Waals surface area contributed by atoms with E-state index in [9.17, 15) is 9.59 Å². The van der Waals surface area contributed by atoms with E-state index < -0.39 is 0 Å². The van der Waals surface area contributed by atoms with Gasteiger partial charge in [0.25, 0.3) is 0 Å². The summed E-state index contributed by atoms with van der Waals surface area (Å²) in [5.41, 5.74) is -0.147. The zero-order valence-corrected chi connectivity index (χ0v) is 8.14. The molecule has 0 aliphatic heterocycles. The monoisotopic (exact) mass is 180 g/mol. The Morgan fingerprint density at radius 1 is 1.31 bits per heavy atom. The van der Waals surface area contributed by atoms with Gasteiger partial charge < -0.3 is 0 Å². The van der Waals surface area contributed by atoms with Crippen molar-refractivity contribution < 1.29 is 9.59 Å². The minimum absolute atomic E-state index is 0.147. The second-order valence-electron chi connectivity index (χ2n) is 4.67. The summed E-state index contributed by atoms with van der Waals surface area (Å²) < 4.78 is 0. The largest absolute Gasteiger partial charge is 0.300 e. The third kappa shape index (κ3) is 1.32. The van der Waals surface area contributed by atoms with Crippen LogP contribution in [0.5, 0.6) is 0 Å². The number of rotatable bonds is 0. The van der Waals surface area contributed by atoms with Crippen molar-refractivity contribution in [1.82, 2.24) is 0 Å². The van der Waals surface area contributed by atoms with E-state index in [1.165, 1.54) is 0 Å². The van der Waals surface area contributed by atoms with E-state index in [1.807, 2.05) is 0 Å². The Labute approximate surface area is 78.7 Å². The Morgan fingerprint density at radius 3 is 2.85 bits per heavy atom. The lowest BCUT2D eigenvalue weighted by molar-refractivity contribution is -0.140. The van der Waals surface area contributed by atoms with Gasteiger partial charge in [0.2, 0.25) is 0 Å². The molecule has 2 fully saturated rings. The summed E-state index contributed by atoms with van der Waals surface area (Å²) in [6.07, 6.45) is 4.89. The van der Waals surface area contributed by atoms with Crippen LogP contribution in [0.15, 0.2) is 0 Å². The van der Waals surface area contributed by atoms with E-state index in [2.05, 4.69) is 6.92 Å².